The van der Waals surface area contributed by atoms with Gasteiger partial charge >= 0.3 is 18.0 Å². The van der Waals surface area contributed by atoms with Crippen LogP contribution in [-0.4, -0.2) is 117 Å². The Morgan fingerprint density at radius 2 is 1.12 bits per heavy atom. The Morgan fingerprint density at radius 3 is 1.53 bits per heavy atom. The van der Waals surface area contributed by atoms with E-state index in [0.717, 1.165) is 87.9 Å². The third-order valence-corrected chi connectivity index (χ3v) is 10.0. The van der Waals surface area contributed by atoms with Gasteiger partial charge in [-0.05, 0) is 116 Å². The van der Waals surface area contributed by atoms with Gasteiger partial charge in [-0.25, -0.2) is 14.4 Å². The highest BCUT2D eigenvalue weighted by Crippen LogP contribution is 2.13. The van der Waals surface area contributed by atoms with Crippen LogP contribution in [0.2, 0.25) is 0 Å². The smallest absolute Gasteiger partial charge is 0.407 e. The highest BCUT2D eigenvalue weighted by molar-refractivity contribution is 5.97. The molecule has 0 bridgehead atoms. The fourth-order valence-corrected chi connectivity index (χ4v) is 6.51. The summed E-state index contributed by atoms with van der Waals surface area (Å²) in [5, 5.41) is 13.9. The molecule has 2 heterocycles. The number of esters is 1. The summed E-state index contributed by atoms with van der Waals surface area (Å²) >= 11 is 0. The maximum absolute atomic E-state index is 12.7. The number of morpholine rings is 2. The monoisotopic (exact) mass is 894 g/mol. The quantitative estimate of drug-likeness (QED) is 0.103. The second-order valence-corrected chi connectivity index (χ2v) is 16.4. The third-order valence-electron chi connectivity index (χ3n) is 10.0. The van der Waals surface area contributed by atoms with Crippen LogP contribution in [0.15, 0.2) is 109 Å². The zero-order chi connectivity index (χ0) is 47.2. The van der Waals surface area contributed by atoms with E-state index in [1.165, 1.54) is 18.2 Å². The predicted molar refractivity (Wildman–Crippen MR) is 254 cm³/mol. The van der Waals surface area contributed by atoms with Gasteiger partial charge < -0.3 is 34.7 Å². The summed E-state index contributed by atoms with van der Waals surface area (Å²) in [6.07, 6.45) is 6.81. The number of hydrogen-bond acceptors (Lipinski definition) is 10. The topological polar surface area (TPSA) is 156 Å². The van der Waals surface area contributed by atoms with Crippen LogP contribution in [0.25, 0.3) is 12.2 Å². The molecule has 0 aliphatic carbocycles. The van der Waals surface area contributed by atoms with E-state index in [1.807, 2.05) is 18.2 Å². The van der Waals surface area contributed by atoms with Crippen LogP contribution in [-0.2, 0) is 36.8 Å². The molecule has 0 unspecified atom stereocenters. The Morgan fingerprint density at radius 1 is 0.682 bits per heavy atom. The van der Waals surface area contributed by atoms with Gasteiger partial charge in [0.15, 0.2) is 0 Å². The predicted octanol–water partition coefficient (Wildman–Crippen LogP) is 6.66. The van der Waals surface area contributed by atoms with Crippen molar-refractivity contribution in [1.29, 1.82) is 0 Å². The minimum absolute atomic E-state index is 0.181. The first kappa shape index (κ1) is 50.0. The van der Waals surface area contributed by atoms with Crippen molar-refractivity contribution in [2.24, 2.45) is 0 Å². The number of rotatable bonds is 12. The summed E-state index contributed by atoms with van der Waals surface area (Å²) in [5.41, 5.74) is 6.18. The molecular formula is C53H58N4O9. The van der Waals surface area contributed by atoms with E-state index in [4.69, 9.17) is 24.1 Å². The minimum atomic E-state index is -1.08. The molecule has 13 heteroatoms. The maximum atomic E-state index is 12.7. The Labute approximate surface area is 387 Å². The lowest BCUT2D eigenvalue weighted by molar-refractivity contribution is -0.142. The van der Waals surface area contributed by atoms with E-state index in [1.54, 1.807) is 75.4 Å². The Balaban J connectivity index is 0.000000270. The number of carboxylic acid groups (broad SMARTS) is 1. The second-order valence-electron chi connectivity index (χ2n) is 16.4. The Hall–Kier alpha value is -7.00. The number of hydrogen-bond donors (Lipinski definition) is 3. The van der Waals surface area contributed by atoms with Crippen LogP contribution in [0.3, 0.4) is 0 Å². The molecule has 6 rings (SSSR count). The molecule has 0 aromatic heterocycles. The largest absolute Gasteiger partial charge is 0.478 e. The molecule has 66 heavy (non-hydrogen) atoms. The summed E-state index contributed by atoms with van der Waals surface area (Å²) in [5.74, 6) is 9.92. The van der Waals surface area contributed by atoms with Crippen LogP contribution < -0.4 is 10.6 Å². The van der Waals surface area contributed by atoms with Crippen LogP contribution >= 0.6 is 0 Å². The van der Waals surface area contributed by atoms with Gasteiger partial charge in [0.25, 0.3) is 5.91 Å². The zero-order valence-electron chi connectivity index (χ0n) is 38.0. The third kappa shape index (κ3) is 18.2. The molecule has 2 aliphatic rings. The average Bonchev–Trinajstić information content (AvgIpc) is 3.32. The van der Waals surface area contributed by atoms with Crippen LogP contribution in [0.5, 0.6) is 0 Å². The van der Waals surface area contributed by atoms with Crippen molar-refractivity contribution in [2.45, 2.75) is 45.5 Å². The van der Waals surface area contributed by atoms with E-state index in [9.17, 15) is 19.2 Å². The minimum Gasteiger partial charge on any atom is -0.478 e. The highest BCUT2D eigenvalue weighted by Gasteiger charge is 2.24. The van der Waals surface area contributed by atoms with Gasteiger partial charge in [-0.3, -0.25) is 14.6 Å². The SMILES string of the molecule is COC(=O)[C@H](CNC(=O)OC(C)(C)C)NC(=O)c1ccc(C#C/C=C/c2ccc(CN3CCOCC3)cc2)cc1.O=C(O)c1ccc(C#C/C=C/c2ccc(CN3CCOCC3)cc2)cc1. The van der Waals surface area contributed by atoms with E-state index >= 15 is 0 Å². The van der Waals surface area contributed by atoms with Gasteiger partial charge in [-0.2, -0.15) is 0 Å². The number of alkyl carbamates (subject to hydrolysis) is 1. The lowest BCUT2D eigenvalue weighted by Gasteiger charge is -2.26. The van der Waals surface area contributed by atoms with Gasteiger partial charge in [0.2, 0.25) is 0 Å². The highest BCUT2D eigenvalue weighted by atomic mass is 16.6. The number of methoxy groups -OCH3 is 1. The number of carboxylic acids is 1. The maximum Gasteiger partial charge on any atom is 0.407 e. The molecule has 344 valence electrons. The van der Waals surface area contributed by atoms with Crippen molar-refractivity contribution < 1.29 is 43.2 Å². The van der Waals surface area contributed by atoms with Crippen molar-refractivity contribution in [3.63, 3.8) is 0 Å². The second kappa shape index (κ2) is 26.1. The van der Waals surface area contributed by atoms with Gasteiger partial charge in [0.1, 0.15) is 11.6 Å². The number of carbonyl (C=O) groups is 4. The number of amides is 2. The molecule has 0 radical (unpaired) electrons. The first-order valence-corrected chi connectivity index (χ1v) is 21.8. The van der Waals surface area contributed by atoms with Crippen molar-refractivity contribution in [3.05, 3.63) is 154 Å². The van der Waals surface area contributed by atoms with E-state index < -0.39 is 35.6 Å². The summed E-state index contributed by atoms with van der Waals surface area (Å²) in [6, 6.07) is 29.0. The van der Waals surface area contributed by atoms with Crippen LogP contribution in [0.4, 0.5) is 4.79 Å². The Bertz CT molecular complexity index is 2390. The molecule has 4 aromatic rings. The summed E-state index contributed by atoms with van der Waals surface area (Å²) in [6.45, 7) is 14.0. The molecule has 1 atom stereocenters. The van der Waals surface area contributed by atoms with Gasteiger partial charge in [0.05, 0.1) is 45.6 Å². The molecule has 0 saturated carbocycles. The first-order valence-electron chi connectivity index (χ1n) is 21.8. The van der Waals surface area contributed by atoms with Crippen molar-refractivity contribution in [3.8, 4) is 23.7 Å². The number of carbonyl (C=O) groups excluding carboxylic acids is 3. The number of allylic oxidation sites excluding steroid dienone is 2. The normalized spacial score (nSPS) is 14.6. The number of ether oxygens (including phenoxy) is 4. The fraction of sp³-hybridized carbons (Fsp3) is 0.321. The van der Waals surface area contributed by atoms with E-state index in [0.29, 0.717) is 5.56 Å². The molecule has 13 nitrogen and oxygen atoms in total. The molecule has 4 aromatic carbocycles. The molecule has 0 spiro atoms. The fourth-order valence-electron chi connectivity index (χ4n) is 6.51. The molecule has 3 N–H and O–H groups in total. The Kier molecular flexibility index (Phi) is 19.8. The van der Waals surface area contributed by atoms with Gasteiger partial charge in [-0.1, -0.05) is 72.2 Å². The van der Waals surface area contributed by atoms with E-state index in [-0.39, 0.29) is 12.1 Å². The molecule has 2 saturated heterocycles. The number of nitrogens with zero attached hydrogens (tertiary/aromatic N) is 2. The molecule has 2 amide bonds. The summed E-state index contributed by atoms with van der Waals surface area (Å²) in [7, 11) is 1.21. The number of nitrogens with one attached hydrogen (secondary N) is 2. The van der Waals surface area contributed by atoms with Crippen LogP contribution in [0, 0.1) is 23.7 Å². The zero-order valence-corrected chi connectivity index (χ0v) is 38.0. The van der Waals surface area contributed by atoms with E-state index in [2.05, 4.69) is 92.6 Å². The molecular weight excluding hydrogens is 837 g/mol. The standard InChI is InChI=1S/C31H37N3O6.C22H21NO3/c1-31(2,3)40-30(37)32-21-27(29(36)38-4)33-28(35)26-15-13-24(14-16-26)8-6-5-7-23-9-11-25(12-10-23)22-34-17-19-39-20-18-34;24-22(25)21-11-9-19(10-12-21)4-2-1-3-18-5-7-20(8-6-18)17-23-13-15-26-16-14-23/h5,7,9-16,27H,17-22H2,1-4H3,(H,32,37)(H,33,35);1,3,5-12H,13-17H2,(H,24,25)/b7-5+;3-1+/t27-;/m0./s1. The number of benzene rings is 4. The van der Waals surface area contributed by atoms with Gasteiger partial charge in [-0.15, -0.1) is 0 Å². The van der Waals surface area contributed by atoms with Crippen molar-refractivity contribution in [2.75, 3.05) is 66.3 Å². The average molecular weight is 895 g/mol. The van der Waals surface area contributed by atoms with Crippen molar-refractivity contribution in [1.82, 2.24) is 20.4 Å². The molecule has 2 aliphatic heterocycles. The lowest BCUT2D eigenvalue weighted by Crippen LogP contribution is -2.49. The lowest BCUT2D eigenvalue weighted by atomic mass is 10.1. The summed E-state index contributed by atoms with van der Waals surface area (Å²) < 4.78 is 20.7. The van der Waals surface area contributed by atoms with Gasteiger partial charge in [0, 0.05) is 56.0 Å². The number of aromatic carboxylic acids is 1. The van der Waals surface area contributed by atoms with Crippen LogP contribution in [0.1, 0.15) is 74.9 Å². The molecule has 2 fully saturated rings. The summed E-state index contributed by atoms with van der Waals surface area (Å²) in [4.78, 5) is 52.3. The first-order chi connectivity index (χ1) is 31.8. The van der Waals surface area contributed by atoms with Crippen molar-refractivity contribution >= 4 is 36.1 Å².